The van der Waals surface area contributed by atoms with E-state index < -0.39 is 5.82 Å². The van der Waals surface area contributed by atoms with Crippen molar-refractivity contribution in [3.05, 3.63) is 76.5 Å². The zero-order chi connectivity index (χ0) is 25.9. The van der Waals surface area contributed by atoms with Crippen molar-refractivity contribution in [1.82, 2.24) is 25.1 Å². The highest BCUT2D eigenvalue weighted by Gasteiger charge is 2.25. The van der Waals surface area contributed by atoms with Gasteiger partial charge in [0.2, 0.25) is 0 Å². The van der Waals surface area contributed by atoms with Crippen molar-refractivity contribution in [3.63, 3.8) is 0 Å². The molecule has 192 valence electrons. The Labute approximate surface area is 219 Å². The first-order valence-electron chi connectivity index (χ1n) is 12.3. The van der Waals surface area contributed by atoms with Crippen LogP contribution in [0.2, 0.25) is 5.02 Å². The summed E-state index contributed by atoms with van der Waals surface area (Å²) in [5.74, 6) is 0.604. The average molecular weight is 523 g/mol. The molecule has 0 saturated heterocycles. The molecule has 1 amide bonds. The Bertz CT molecular complexity index is 1430. The SMILES string of the molecule is COCc1nc(NC2CCC(NC(=O)c3cccc(F)c3)CC2)c2c(C)nn(-c3cccc(Cl)c3)c2n1. The maximum atomic E-state index is 13.5. The number of fused-ring (bicyclic) bond motifs is 1. The van der Waals surface area contributed by atoms with E-state index in [0.29, 0.717) is 22.1 Å². The summed E-state index contributed by atoms with van der Waals surface area (Å²) in [5, 5.41) is 12.8. The molecule has 0 spiro atoms. The Morgan fingerprint density at radius 2 is 1.86 bits per heavy atom. The summed E-state index contributed by atoms with van der Waals surface area (Å²) in [5.41, 5.74) is 2.63. The molecule has 2 N–H and O–H groups in total. The molecule has 37 heavy (non-hydrogen) atoms. The van der Waals surface area contributed by atoms with Gasteiger partial charge in [0, 0.05) is 29.8 Å². The van der Waals surface area contributed by atoms with Gasteiger partial charge in [-0.05, 0) is 69.0 Å². The molecule has 0 aliphatic heterocycles. The monoisotopic (exact) mass is 522 g/mol. The highest BCUT2D eigenvalue weighted by atomic mass is 35.5. The molecule has 8 nitrogen and oxygen atoms in total. The zero-order valence-corrected chi connectivity index (χ0v) is 21.4. The molecule has 0 bridgehead atoms. The minimum absolute atomic E-state index is 0.0376. The second-order valence-electron chi connectivity index (χ2n) is 9.27. The quantitative estimate of drug-likeness (QED) is 0.346. The van der Waals surface area contributed by atoms with Crippen molar-refractivity contribution in [2.75, 3.05) is 12.4 Å². The number of carbonyl (C=O) groups is 1. The van der Waals surface area contributed by atoms with Crippen molar-refractivity contribution in [1.29, 1.82) is 0 Å². The van der Waals surface area contributed by atoms with Crippen LogP contribution in [0, 0.1) is 12.7 Å². The predicted molar refractivity (Wildman–Crippen MR) is 141 cm³/mol. The van der Waals surface area contributed by atoms with E-state index in [2.05, 4.69) is 10.6 Å². The second kappa shape index (κ2) is 10.8. The summed E-state index contributed by atoms with van der Waals surface area (Å²) in [6.45, 7) is 2.20. The van der Waals surface area contributed by atoms with E-state index in [1.54, 1.807) is 23.9 Å². The van der Waals surface area contributed by atoms with Crippen LogP contribution >= 0.6 is 11.6 Å². The molecule has 1 aliphatic rings. The van der Waals surface area contributed by atoms with Gasteiger partial charge >= 0.3 is 0 Å². The fourth-order valence-electron chi connectivity index (χ4n) is 4.79. The first-order chi connectivity index (χ1) is 17.9. The number of halogens is 2. The van der Waals surface area contributed by atoms with Crippen LogP contribution in [0.15, 0.2) is 48.5 Å². The van der Waals surface area contributed by atoms with E-state index in [9.17, 15) is 9.18 Å². The van der Waals surface area contributed by atoms with Crippen LogP contribution in [0.3, 0.4) is 0 Å². The van der Waals surface area contributed by atoms with Crippen molar-refractivity contribution in [3.8, 4) is 5.69 Å². The van der Waals surface area contributed by atoms with Gasteiger partial charge < -0.3 is 15.4 Å². The number of rotatable bonds is 7. The molecule has 1 aliphatic carbocycles. The number of aromatic nitrogens is 4. The predicted octanol–water partition coefficient (Wildman–Crippen LogP) is 5.22. The number of ether oxygens (including phenoxy) is 1. The third-order valence-corrected chi connectivity index (χ3v) is 6.80. The van der Waals surface area contributed by atoms with Gasteiger partial charge in [0.05, 0.1) is 16.8 Å². The molecule has 2 aromatic heterocycles. The lowest BCUT2D eigenvalue weighted by Gasteiger charge is -2.30. The van der Waals surface area contributed by atoms with Gasteiger partial charge in [-0.25, -0.2) is 19.0 Å². The van der Waals surface area contributed by atoms with Crippen molar-refractivity contribution < 1.29 is 13.9 Å². The number of nitrogens with zero attached hydrogens (tertiary/aromatic N) is 4. The lowest BCUT2D eigenvalue weighted by molar-refractivity contribution is 0.0926. The molecule has 4 aromatic rings. The highest BCUT2D eigenvalue weighted by molar-refractivity contribution is 6.30. The highest BCUT2D eigenvalue weighted by Crippen LogP contribution is 2.30. The number of hydrogen-bond donors (Lipinski definition) is 2. The Kier molecular flexibility index (Phi) is 7.34. The van der Waals surface area contributed by atoms with E-state index >= 15 is 0 Å². The van der Waals surface area contributed by atoms with Crippen molar-refractivity contribution in [2.45, 2.75) is 51.3 Å². The van der Waals surface area contributed by atoms with E-state index in [1.165, 1.54) is 12.1 Å². The third kappa shape index (κ3) is 5.57. The number of benzene rings is 2. The average Bonchev–Trinajstić information content (AvgIpc) is 3.22. The summed E-state index contributed by atoms with van der Waals surface area (Å²) in [7, 11) is 1.61. The van der Waals surface area contributed by atoms with Crippen LogP contribution in [0.5, 0.6) is 0 Å². The maximum absolute atomic E-state index is 13.5. The van der Waals surface area contributed by atoms with Gasteiger partial charge in [-0.1, -0.05) is 23.7 Å². The molecule has 5 rings (SSSR count). The molecule has 0 unspecified atom stereocenters. The van der Waals surface area contributed by atoms with Crippen molar-refractivity contribution >= 4 is 34.4 Å². The summed E-state index contributed by atoms with van der Waals surface area (Å²) >= 11 is 6.23. The minimum atomic E-state index is -0.418. The summed E-state index contributed by atoms with van der Waals surface area (Å²) in [6.07, 6.45) is 3.30. The topological polar surface area (TPSA) is 94.0 Å². The Balaban J connectivity index is 1.34. The smallest absolute Gasteiger partial charge is 0.251 e. The number of methoxy groups -OCH3 is 1. The van der Waals surface area contributed by atoms with Gasteiger partial charge in [-0.2, -0.15) is 5.10 Å². The lowest BCUT2D eigenvalue weighted by atomic mass is 9.91. The first-order valence-corrected chi connectivity index (χ1v) is 12.6. The molecule has 0 atom stereocenters. The second-order valence-corrected chi connectivity index (χ2v) is 9.71. The Morgan fingerprint density at radius 3 is 2.59 bits per heavy atom. The van der Waals surface area contributed by atoms with Gasteiger partial charge in [0.1, 0.15) is 18.2 Å². The molecule has 1 saturated carbocycles. The number of hydrogen-bond acceptors (Lipinski definition) is 6. The normalized spacial score (nSPS) is 17.6. The Hall–Kier alpha value is -3.56. The number of carbonyl (C=O) groups excluding carboxylic acids is 1. The Morgan fingerprint density at radius 1 is 1.11 bits per heavy atom. The number of nitrogens with one attached hydrogen (secondary N) is 2. The first kappa shape index (κ1) is 25.1. The van der Waals surface area contributed by atoms with Gasteiger partial charge in [-0.3, -0.25) is 4.79 Å². The minimum Gasteiger partial charge on any atom is -0.377 e. The lowest BCUT2D eigenvalue weighted by Crippen LogP contribution is -2.40. The van der Waals surface area contributed by atoms with Crippen LogP contribution in [-0.2, 0) is 11.3 Å². The van der Waals surface area contributed by atoms with Gasteiger partial charge in [0.25, 0.3) is 5.91 Å². The number of amides is 1. The van der Waals surface area contributed by atoms with Crippen LogP contribution < -0.4 is 10.6 Å². The van der Waals surface area contributed by atoms with Crippen LogP contribution in [0.25, 0.3) is 16.7 Å². The summed E-state index contributed by atoms with van der Waals surface area (Å²) in [6, 6.07) is 13.4. The van der Waals surface area contributed by atoms with Crippen LogP contribution in [0.1, 0.15) is 47.6 Å². The van der Waals surface area contributed by atoms with Crippen LogP contribution in [0.4, 0.5) is 10.2 Å². The van der Waals surface area contributed by atoms with E-state index in [1.807, 2.05) is 31.2 Å². The number of aryl methyl sites for hydroxylation is 1. The van der Waals surface area contributed by atoms with Crippen LogP contribution in [-0.4, -0.2) is 44.8 Å². The maximum Gasteiger partial charge on any atom is 0.251 e. The fraction of sp³-hybridized carbons (Fsp3) is 0.333. The molecule has 2 aromatic carbocycles. The van der Waals surface area contributed by atoms with Gasteiger partial charge in [-0.15, -0.1) is 0 Å². The van der Waals surface area contributed by atoms with Gasteiger partial charge in [0.15, 0.2) is 11.5 Å². The fourth-order valence-corrected chi connectivity index (χ4v) is 4.97. The van der Waals surface area contributed by atoms with Crippen molar-refractivity contribution in [2.24, 2.45) is 0 Å². The molecule has 0 radical (unpaired) electrons. The molecular formula is C27H28ClFN6O2. The summed E-state index contributed by atoms with van der Waals surface area (Å²) < 4.78 is 20.6. The largest absolute Gasteiger partial charge is 0.377 e. The van der Waals surface area contributed by atoms with E-state index in [0.717, 1.165) is 48.3 Å². The summed E-state index contributed by atoms with van der Waals surface area (Å²) in [4.78, 5) is 22.0. The molecule has 10 heteroatoms. The molecule has 2 heterocycles. The van der Waals surface area contributed by atoms with E-state index in [-0.39, 0.29) is 24.6 Å². The zero-order valence-electron chi connectivity index (χ0n) is 20.7. The molecular weight excluding hydrogens is 495 g/mol. The number of anilines is 1. The standard InChI is InChI=1S/C27H28ClFN6O2/c1-16-24-25(30-20-9-11-21(12-10-20)31-27(36)17-5-3-7-19(29)13-17)32-23(15-37-2)33-26(24)35(34-16)22-8-4-6-18(28)14-22/h3-8,13-14,20-21H,9-12,15H2,1-2H3,(H,31,36)(H,30,32,33). The third-order valence-electron chi connectivity index (χ3n) is 6.56. The molecule has 1 fully saturated rings. The van der Waals surface area contributed by atoms with E-state index in [4.69, 9.17) is 31.4 Å².